The number of anilines is 1. The zero-order valence-electron chi connectivity index (χ0n) is 16.9. The Balaban J connectivity index is 1.51. The second kappa shape index (κ2) is 7.65. The summed E-state index contributed by atoms with van der Waals surface area (Å²) >= 11 is 1.18. The van der Waals surface area contributed by atoms with Crippen LogP contribution in [0.3, 0.4) is 0 Å². The van der Waals surface area contributed by atoms with E-state index in [9.17, 15) is 13.6 Å². The molecule has 5 aromatic rings. The summed E-state index contributed by atoms with van der Waals surface area (Å²) < 4.78 is 33.8. The summed E-state index contributed by atoms with van der Waals surface area (Å²) in [6, 6.07) is 8.68. The molecular formula is C22H15F2N5O2S. The number of benzene rings is 1. The topological polar surface area (TPSA) is 85.8 Å². The number of thiazole rings is 1. The number of pyridine rings is 1. The Hall–Kier alpha value is -3.92. The summed E-state index contributed by atoms with van der Waals surface area (Å²) in [6.45, 7) is 1.80. The minimum absolute atomic E-state index is 0.320. The van der Waals surface area contributed by atoms with Gasteiger partial charge in [-0.3, -0.25) is 14.8 Å². The molecule has 0 unspecified atom stereocenters. The predicted molar refractivity (Wildman–Crippen MR) is 116 cm³/mol. The van der Waals surface area contributed by atoms with Gasteiger partial charge in [0, 0.05) is 18.0 Å². The number of rotatable bonds is 4. The molecule has 0 aliphatic carbocycles. The quantitative estimate of drug-likeness (QED) is 0.406. The molecule has 0 atom stereocenters. The molecule has 1 aromatic carbocycles. The van der Waals surface area contributed by atoms with Crippen molar-refractivity contribution in [3.63, 3.8) is 0 Å². The van der Waals surface area contributed by atoms with Gasteiger partial charge in [0.1, 0.15) is 5.69 Å². The minimum atomic E-state index is -0.960. The number of carbonyl (C=O) groups is 1. The Morgan fingerprint density at radius 3 is 2.72 bits per heavy atom. The zero-order valence-corrected chi connectivity index (χ0v) is 17.7. The van der Waals surface area contributed by atoms with E-state index in [1.165, 1.54) is 23.7 Å². The van der Waals surface area contributed by atoms with Crippen LogP contribution in [0.5, 0.6) is 0 Å². The van der Waals surface area contributed by atoms with Gasteiger partial charge in [-0.25, -0.2) is 18.7 Å². The summed E-state index contributed by atoms with van der Waals surface area (Å²) in [4.78, 5) is 22.1. The van der Waals surface area contributed by atoms with Crippen molar-refractivity contribution in [2.75, 3.05) is 5.32 Å². The highest BCUT2D eigenvalue weighted by atomic mass is 32.1. The molecular weight excluding hydrogens is 436 g/mol. The lowest BCUT2D eigenvalue weighted by Gasteiger charge is -2.07. The number of furan rings is 1. The van der Waals surface area contributed by atoms with Crippen LogP contribution in [0.2, 0.25) is 0 Å². The normalized spacial score (nSPS) is 11.2. The molecule has 5 rings (SSSR count). The third kappa shape index (κ3) is 3.44. The Labute approximate surface area is 184 Å². The van der Waals surface area contributed by atoms with Gasteiger partial charge in [-0.1, -0.05) is 0 Å². The molecule has 0 spiro atoms. The lowest BCUT2D eigenvalue weighted by atomic mass is 10.1. The van der Waals surface area contributed by atoms with Gasteiger partial charge in [-0.05, 0) is 43.3 Å². The number of nitrogens with one attached hydrogen (secondary N) is 1. The first-order chi connectivity index (χ1) is 15.4. The van der Waals surface area contributed by atoms with Gasteiger partial charge in [0.2, 0.25) is 0 Å². The molecule has 1 N–H and O–H groups in total. The second-order valence-corrected chi connectivity index (χ2v) is 7.92. The van der Waals surface area contributed by atoms with Crippen molar-refractivity contribution in [2.45, 2.75) is 6.92 Å². The Bertz CT molecular complexity index is 1470. The van der Waals surface area contributed by atoms with Crippen LogP contribution in [0.25, 0.3) is 33.7 Å². The molecule has 0 bridgehead atoms. The van der Waals surface area contributed by atoms with Crippen LogP contribution in [-0.4, -0.2) is 25.7 Å². The SMILES string of the molecule is Cc1nn(C)c2nc(-c3ccco3)cc(C(=O)Nc3nc(-c4ccc(F)c(F)c4)cs3)c12. The third-order valence-electron chi connectivity index (χ3n) is 4.93. The number of carbonyl (C=O) groups excluding carboxylic acids is 1. The highest BCUT2D eigenvalue weighted by Crippen LogP contribution is 2.30. The van der Waals surface area contributed by atoms with Crippen molar-refractivity contribution in [2.24, 2.45) is 7.05 Å². The van der Waals surface area contributed by atoms with E-state index < -0.39 is 17.5 Å². The van der Waals surface area contributed by atoms with Crippen molar-refractivity contribution in [3.05, 3.63) is 70.9 Å². The Morgan fingerprint density at radius 2 is 1.97 bits per heavy atom. The summed E-state index contributed by atoms with van der Waals surface area (Å²) in [5.41, 5.74) is 2.91. The van der Waals surface area contributed by atoms with Gasteiger partial charge in [0.15, 0.2) is 28.2 Å². The number of nitrogens with zero attached hydrogens (tertiary/aromatic N) is 4. The molecule has 1 amide bonds. The molecule has 10 heteroatoms. The van der Waals surface area contributed by atoms with Crippen LogP contribution >= 0.6 is 11.3 Å². The fourth-order valence-corrected chi connectivity index (χ4v) is 4.17. The van der Waals surface area contributed by atoms with Crippen molar-refractivity contribution in [1.29, 1.82) is 0 Å². The first-order valence-corrected chi connectivity index (χ1v) is 10.4. The van der Waals surface area contributed by atoms with Crippen molar-refractivity contribution >= 4 is 33.4 Å². The number of fused-ring (bicyclic) bond motifs is 1. The molecule has 0 aliphatic heterocycles. The molecule has 4 heterocycles. The van der Waals surface area contributed by atoms with Crippen molar-refractivity contribution < 1.29 is 18.0 Å². The van der Waals surface area contributed by atoms with E-state index in [0.717, 1.165) is 12.1 Å². The van der Waals surface area contributed by atoms with E-state index in [0.29, 0.717) is 50.1 Å². The lowest BCUT2D eigenvalue weighted by Crippen LogP contribution is -2.13. The van der Waals surface area contributed by atoms with Crippen LogP contribution in [0.1, 0.15) is 16.1 Å². The second-order valence-electron chi connectivity index (χ2n) is 7.06. The van der Waals surface area contributed by atoms with Crippen LogP contribution in [0.4, 0.5) is 13.9 Å². The molecule has 7 nitrogen and oxygen atoms in total. The number of aromatic nitrogens is 4. The predicted octanol–water partition coefficient (Wildman–Crippen LogP) is 5.19. The number of hydrogen-bond acceptors (Lipinski definition) is 6. The zero-order chi connectivity index (χ0) is 22.4. The van der Waals surface area contributed by atoms with E-state index in [1.807, 2.05) is 0 Å². The largest absolute Gasteiger partial charge is 0.463 e. The number of hydrogen-bond donors (Lipinski definition) is 1. The van der Waals surface area contributed by atoms with E-state index in [1.54, 1.807) is 42.2 Å². The highest BCUT2D eigenvalue weighted by Gasteiger charge is 2.21. The van der Waals surface area contributed by atoms with E-state index in [2.05, 4.69) is 20.4 Å². The molecule has 4 aromatic heterocycles. The van der Waals surface area contributed by atoms with Crippen LogP contribution in [0.15, 0.2) is 52.5 Å². The average molecular weight is 451 g/mol. The molecule has 0 saturated carbocycles. The van der Waals surface area contributed by atoms with Gasteiger partial charge in [0.05, 0.1) is 28.6 Å². The standard InChI is InChI=1S/C22H15F2N5O2S/c1-11-19-13(9-16(18-4-3-7-31-18)25-20(19)29(2)28-11)21(30)27-22-26-17(10-32-22)12-5-6-14(23)15(24)8-12/h3-10H,1-2H3,(H,26,27,30). The third-order valence-corrected chi connectivity index (χ3v) is 5.68. The molecule has 0 radical (unpaired) electrons. The summed E-state index contributed by atoms with van der Waals surface area (Å²) in [7, 11) is 1.75. The van der Waals surface area contributed by atoms with Crippen molar-refractivity contribution in [1.82, 2.24) is 19.7 Å². The Kier molecular flexibility index (Phi) is 4.78. The first kappa shape index (κ1) is 20.0. The van der Waals surface area contributed by atoms with Crippen LogP contribution in [0, 0.1) is 18.6 Å². The number of aryl methyl sites for hydroxylation is 2. The van der Waals surface area contributed by atoms with E-state index >= 15 is 0 Å². The first-order valence-electron chi connectivity index (χ1n) is 9.51. The maximum atomic E-state index is 13.6. The van der Waals surface area contributed by atoms with Crippen molar-refractivity contribution in [3.8, 4) is 22.7 Å². The molecule has 0 fully saturated rings. The fraction of sp³-hybridized carbons (Fsp3) is 0.0909. The van der Waals surface area contributed by atoms with Gasteiger partial charge in [-0.2, -0.15) is 5.10 Å². The summed E-state index contributed by atoms with van der Waals surface area (Å²) in [6.07, 6.45) is 1.53. The Morgan fingerprint density at radius 1 is 1.12 bits per heavy atom. The maximum absolute atomic E-state index is 13.6. The summed E-state index contributed by atoms with van der Waals surface area (Å²) in [5, 5.41) is 9.77. The molecule has 0 saturated heterocycles. The monoisotopic (exact) mass is 451 g/mol. The number of amides is 1. The fourth-order valence-electron chi connectivity index (χ4n) is 3.46. The van der Waals surface area contributed by atoms with Gasteiger partial charge >= 0.3 is 0 Å². The van der Waals surface area contributed by atoms with Gasteiger partial charge in [-0.15, -0.1) is 11.3 Å². The van der Waals surface area contributed by atoms with E-state index in [4.69, 9.17) is 4.42 Å². The summed E-state index contributed by atoms with van der Waals surface area (Å²) in [5.74, 6) is -1.77. The smallest absolute Gasteiger partial charge is 0.258 e. The van der Waals surface area contributed by atoms with Crippen LogP contribution in [-0.2, 0) is 7.05 Å². The van der Waals surface area contributed by atoms with Crippen LogP contribution < -0.4 is 5.32 Å². The molecule has 160 valence electrons. The maximum Gasteiger partial charge on any atom is 0.258 e. The molecule has 0 aliphatic rings. The minimum Gasteiger partial charge on any atom is -0.463 e. The highest BCUT2D eigenvalue weighted by molar-refractivity contribution is 7.14. The average Bonchev–Trinajstić information content (AvgIpc) is 3.51. The van der Waals surface area contributed by atoms with E-state index in [-0.39, 0.29) is 0 Å². The van der Waals surface area contributed by atoms with Gasteiger partial charge < -0.3 is 4.42 Å². The van der Waals surface area contributed by atoms with Gasteiger partial charge in [0.25, 0.3) is 5.91 Å². The lowest BCUT2D eigenvalue weighted by molar-refractivity contribution is 0.102. The number of halogens is 2. The molecule has 32 heavy (non-hydrogen) atoms.